The molecular formula is C27H25F2N3O2. The average molecular weight is 462 g/mol. The Labute approximate surface area is 196 Å². The number of anilines is 2. The summed E-state index contributed by atoms with van der Waals surface area (Å²) in [5, 5.41) is 6.75. The molecule has 5 rings (SSSR count). The third-order valence-corrected chi connectivity index (χ3v) is 6.44. The molecule has 5 nitrogen and oxygen atoms in total. The highest BCUT2D eigenvalue weighted by atomic mass is 19.1. The van der Waals surface area contributed by atoms with Crippen molar-refractivity contribution in [3.8, 4) is 11.1 Å². The molecule has 0 spiro atoms. The smallest absolute Gasteiger partial charge is 0.411 e. The first-order chi connectivity index (χ1) is 16.3. The highest BCUT2D eigenvalue weighted by molar-refractivity contribution is 5.95. The number of hydrogen-bond acceptors (Lipinski definition) is 3. The van der Waals surface area contributed by atoms with Crippen LogP contribution in [0, 0.1) is 11.6 Å². The standard InChI is InChI=1S/C27H25F2N3O2/c1-15-21-20(32-27(2,3)25(15)34-26(33)31-17-9-5-4-6-10-17)14-19(28)22(23(21)29)18-11-7-8-16-12-13-30-24(16)18/h4-15,25,30,32H,1-3H3,(H,31,33)/t15-,25+/m0/s1. The van der Waals surface area contributed by atoms with Crippen LogP contribution in [0.1, 0.15) is 32.3 Å². The van der Waals surface area contributed by atoms with E-state index in [-0.39, 0.29) is 11.1 Å². The summed E-state index contributed by atoms with van der Waals surface area (Å²) in [5.74, 6) is -1.85. The summed E-state index contributed by atoms with van der Waals surface area (Å²) >= 11 is 0. The van der Waals surface area contributed by atoms with Gasteiger partial charge >= 0.3 is 6.09 Å². The fourth-order valence-corrected chi connectivity index (χ4v) is 4.95. The average Bonchev–Trinajstić information content (AvgIpc) is 3.26. The molecule has 2 heterocycles. The van der Waals surface area contributed by atoms with Crippen LogP contribution in [0.2, 0.25) is 0 Å². The molecule has 0 unspecified atom stereocenters. The first-order valence-corrected chi connectivity index (χ1v) is 11.2. The van der Waals surface area contributed by atoms with E-state index < -0.39 is 35.3 Å². The molecule has 3 aromatic carbocycles. The summed E-state index contributed by atoms with van der Waals surface area (Å²) in [4.78, 5) is 15.7. The van der Waals surface area contributed by atoms with Gasteiger partial charge in [-0.3, -0.25) is 5.32 Å². The van der Waals surface area contributed by atoms with E-state index in [0.29, 0.717) is 22.5 Å². The maximum atomic E-state index is 16.0. The third-order valence-electron chi connectivity index (χ3n) is 6.44. The van der Waals surface area contributed by atoms with E-state index in [4.69, 9.17) is 4.74 Å². The van der Waals surface area contributed by atoms with Crippen molar-refractivity contribution in [2.75, 3.05) is 10.6 Å². The molecular weight excluding hydrogens is 436 g/mol. The Morgan fingerprint density at radius 1 is 1.06 bits per heavy atom. The number of carbonyl (C=O) groups is 1. The monoisotopic (exact) mass is 461 g/mol. The first kappa shape index (κ1) is 21.9. The molecule has 34 heavy (non-hydrogen) atoms. The summed E-state index contributed by atoms with van der Waals surface area (Å²) < 4.78 is 37.1. The fraction of sp³-hybridized carbons (Fsp3) is 0.222. The van der Waals surface area contributed by atoms with Crippen LogP contribution in [-0.2, 0) is 4.74 Å². The lowest BCUT2D eigenvalue weighted by Crippen LogP contribution is -2.52. The molecule has 174 valence electrons. The van der Waals surface area contributed by atoms with Crippen molar-refractivity contribution in [2.45, 2.75) is 38.3 Å². The Kier molecular flexibility index (Phi) is 5.27. The second-order valence-electron chi connectivity index (χ2n) is 9.21. The van der Waals surface area contributed by atoms with Crippen LogP contribution in [0.15, 0.2) is 66.9 Å². The van der Waals surface area contributed by atoms with Gasteiger partial charge in [-0.2, -0.15) is 0 Å². The SMILES string of the molecule is C[C@H]1c2c(cc(F)c(-c3cccc4cc[nH]c34)c2F)NC(C)(C)[C@@H]1OC(=O)Nc1ccccc1. The minimum absolute atomic E-state index is 0.104. The molecule has 0 fully saturated rings. The van der Waals surface area contributed by atoms with Crippen LogP contribution in [0.5, 0.6) is 0 Å². The lowest BCUT2D eigenvalue weighted by Gasteiger charge is -2.44. The molecule has 7 heteroatoms. The molecule has 1 aliphatic rings. The molecule has 0 aliphatic carbocycles. The molecule has 2 atom stereocenters. The Morgan fingerprint density at radius 3 is 2.59 bits per heavy atom. The number of H-pyrrole nitrogens is 1. The van der Waals surface area contributed by atoms with E-state index in [2.05, 4.69) is 15.6 Å². The van der Waals surface area contributed by atoms with E-state index in [0.717, 1.165) is 5.39 Å². The minimum Gasteiger partial charge on any atom is -0.443 e. The highest BCUT2D eigenvalue weighted by Crippen LogP contribution is 2.46. The van der Waals surface area contributed by atoms with Gasteiger partial charge in [0.05, 0.1) is 16.6 Å². The minimum atomic E-state index is -0.764. The number of hydrogen-bond donors (Lipinski definition) is 3. The van der Waals surface area contributed by atoms with Gasteiger partial charge < -0.3 is 15.0 Å². The Bertz CT molecular complexity index is 1380. The van der Waals surface area contributed by atoms with Gasteiger partial charge in [-0.25, -0.2) is 13.6 Å². The van der Waals surface area contributed by atoms with Crippen LogP contribution in [0.4, 0.5) is 25.0 Å². The van der Waals surface area contributed by atoms with Crippen molar-refractivity contribution >= 4 is 28.4 Å². The van der Waals surface area contributed by atoms with Crippen molar-refractivity contribution in [1.29, 1.82) is 0 Å². The number of benzene rings is 3. The molecule has 1 aliphatic heterocycles. The van der Waals surface area contributed by atoms with Gasteiger partial charge in [-0.05, 0) is 43.5 Å². The number of carbonyl (C=O) groups excluding carboxylic acids is 1. The van der Waals surface area contributed by atoms with Crippen LogP contribution < -0.4 is 10.6 Å². The molecule has 4 aromatic rings. The molecule has 1 aromatic heterocycles. The van der Waals surface area contributed by atoms with Crippen LogP contribution >= 0.6 is 0 Å². The van der Waals surface area contributed by atoms with Gasteiger partial charge in [0, 0.05) is 34.6 Å². The van der Waals surface area contributed by atoms with E-state index >= 15 is 8.78 Å². The maximum Gasteiger partial charge on any atom is 0.411 e. The van der Waals surface area contributed by atoms with E-state index in [1.807, 2.05) is 32.0 Å². The number of para-hydroxylation sites is 2. The van der Waals surface area contributed by atoms with E-state index in [1.54, 1.807) is 49.5 Å². The fourth-order valence-electron chi connectivity index (χ4n) is 4.95. The second-order valence-corrected chi connectivity index (χ2v) is 9.21. The number of aromatic amines is 1. The number of ether oxygens (including phenoxy) is 1. The van der Waals surface area contributed by atoms with E-state index in [1.165, 1.54) is 6.07 Å². The van der Waals surface area contributed by atoms with Crippen molar-refractivity contribution < 1.29 is 18.3 Å². The van der Waals surface area contributed by atoms with Crippen LogP contribution in [0.25, 0.3) is 22.0 Å². The number of amides is 1. The highest BCUT2D eigenvalue weighted by Gasteiger charge is 2.45. The first-order valence-electron chi connectivity index (χ1n) is 11.2. The van der Waals surface area contributed by atoms with Gasteiger partial charge in [-0.15, -0.1) is 0 Å². The normalized spacial score (nSPS) is 18.7. The van der Waals surface area contributed by atoms with Crippen LogP contribution in [-0.4, -0.2) is 22.7 Å². The van der Waals surface area contributed by atoms with Crippen molar-refractivity contribution in [2.24, 2.45) is 0 Å². The second kappa shape index (κ2) is 8.17. The van der Waals surface area contributed by atoms with Crippen LogP contribution in [0.3, 0.4) is 0 Å². The number of aromatic nitrogens is 1. The zero-order valence-corrected chi connectivity index (χ0v) is 19.1. The number of halogens is 2. The van der Waals surface area contributed by atoms with Crippen molar-refractivity contribution in [1.82, 2.24) is 4.98 Å². The Balaban J connectivity index is 1.54. The molecule has 0 bridgehead atoms. The van der Waals surface area contributed by atoms with E-state index in [9.17, 15) is 4.79 Å². The predicted molar refractivity (Wildman–Crippen MR) is 130 cm³/mol. The summed E-state index contributed by atoms with van der Waals surface area (Å²) in [6, 6.07) is 17.5. The molecule has 0 saturated heterocycles. The van der Waals surface area contributed by atoms with Gasteiger partial charge in [0.1, 0.15) is 17.7 Å². The zero-order valence-electron chi connectivity index (χ0n) is 19.1. The quantitative estimate of drug-likeness (QED) is 0.307. The van der Waals surface area contributed by atoms with Crippen molar-refractivity contribution in [3.63, 3.8) is 0 Å². The third kappa shape index (κ3) is 3.67. The predicted octanol–water partition coefficient (Wildman–Crippen LogP) is 7.04. The number of rotatable bonds is 3. The molecule has 3 N–H and O–H groups in total. The Hall–Kier alpha value is -3.87. The van der Waals surface area contributed by atoms with Gasteiger partial charge in [0.25, 0.3) is 0 Å². The zero-order chi connectivity index (χ0) is 24.0. The summed E-state index contributed by atoms with van der Waals surface area (Å²) in [7, 11) is 0. The Morgan fingerprint density at radius 2 is 1.82 bits per heavy atom. The molecule has 1 amide bonds. The van der Waals surface area contributed by atoms with Gasteiger partial charge in [0.15, 0.2) is 0 Å². The number of fused-ring (bicyclic) bond motifs is 2. The summed E-state index contributed by atoms with van der Waals surface area (Å²) in [5.41, 5.74) is 1.48. The molecule has 0 radical (unpaired) electrons. The van der Waals surface area contributed by atoms with Gasteiger partial charge in [-0.1, -0.05) is 43.3 Å². The maximum absolute atomic E-state index is 16.0. The topological polar surface area (TPSA) is 66.1 Å². The van der Waals surface area contributed by atoms with Crippen molar-refractivity contribution in [3.05, 3.63) is 84.1 Å². The summed E-state index contributed by atoms with van der Waals surface area (Å²) in [6.07, 6.45) is 0.391. The largest absolute Gasteiger partial charge is 0.443 e. The van der Waals surface area contributed by atoms with Gasteiger partial charge in [0.2, 0.25) is 0 Å². The molecule has 0 saturated carbocycles. The lowest BCUT2D eigenvalue weighted by molar-refractivity contribution is 0.0561. The lowest BCUT2D eigenvalue weighted by atomic mass is 9.77. The summed E-state index contributed by atoms with van der Waals surface area (Å²) in [6.45, 7) is 5.48. The number of nitrogens with one attached hydrogen (secondary N) is 3.